The molecule has 1 aliphatic rings. The Balaban J connectivity index is 0.00000400. The minimum atomic E-state index is -0.375. The van der Waals surface area contributed by atoms with E-state index in [-0.39, 0.29) is 41.8 Å². The molecule has 1 fully saturated rings. The minimum absolute atomic E-state index is 0. The predicted octanol–water partition coefficient (Wildman–Crippen LogP) is 2.62. The highest BCUT2D eigenvalue weighted by Crippen LogP contribution is 2.33. The van der Waals surface area contributed by atoms with Crippen LogP contribution in [-0.4, -0.2) is 29.7 Å². The first-order valence-corrected chi connectivity index (χ1v) is 8.08. The van der Waals surface area contributed by atoms with Crippen LogP contribution < -0.4 is 11.1 Å². The highest BCUT2D eigenvalue weighted by Gasteiger charge is 2.38. The van der Waals surface area contributed by atoms with Gasteiger partial charge in [0.05, 0.1) is 5.92 Å². The molecule has 0 aliphatic heterocycles. The molecule has 126 valence electrons. The molecule has 1 saturated carbocycles. The molecule has 0 saturated heterocycles. The Kier molecular flexibility index (Phi) is 8.83. The third-order valence-corrected chi connectivity index (χ3v) is 5.35. The third kappa shape index (κ3) is 5.42. The first-order valence-electron chi connectivity index (χ1n) is 8.08. The molecule has 4 nitrogen and oxygen atoms in total. The van der Waals surface area contributed by atoms with Gasteiger partial charge in [-0.3, -0.25) is 4.79 Å². The van der Waals surface area contributed by atoms with Crippen LogP contribution >= 0.6 is 12.4 Å². The van der Waals surface area contributed by atoms with Crippen molar-refractivity contribution >= 4 is 18.3 Å². The Labute approximate surface area is 135 Å². The van der Waals surface area contributed by atoms with Gasteiger partial charge in [-0.05, 0) is 44.4 Å². The SMILES string of the molecule is CCC(CC)(CCO)CNC(=O)C1CCCCC1(C)N.Cl. The lowest BCUT2D eigenvalue weighted by molar-refractivity contribution is -0.128. The zero-order valence-corrected chi connectivity index (χ0v) is 14.6. The molecule has 2 unspecified atom stereocenters. The maximum absolute atomic E-state index is 12.4. The molecule has 0 spiro atoms. The summed E-state index contributed by atoms with van der Waals surface area (Å²) in [7, 11) is 0. The molecule has 0 aromatic rings. The highest BCUT2D eigenvalue weighted by atomic mass is 35.5. The van der Waals surface area contributed by atoms with Gasteiger partial charge in [0, 0.05) is 18.7 Å². The van der Waals surface area contributed by atoms with Gasteiger partial charge in [-0.2, -0.15) is 0 Å². The maximum Gasteiger partial charge on any atom is 0.224 e. The van der Waals surface area contributed by atoms with Gasteiger partial charge in [-0.25, -0.2) is 0 Å². The van der Waals surface area contributed by atoms with Crippen molar-refractivity contribution in [3.05, 3.63) is 0 Å². The number of carbonyl (C=O) groups is 1. The standard InChI is InChI=1S/C16H32N2O2.ClH/c1-4-16(5-2,10-11-19)12-18-14(20)13-8-6-7-9-15(13,3)17;/h13,19H,4-12,17H2,1-3H3,(H,18,20);1H. The summed E-state index contributed by atoms with van der Waals surface area (Å²) in [6.45, 7) is 7.07. The van der Waals surface area contributed by atoms with Gasteiger partial charge < -0.3 is 16.2 Å². The number of nitrogens with two attached hydrogens (primary N) is 1. The van der Waals surface area contributed by atoms with E-state index in [4.69, 9.17) is 5.73 Å². The van der Waals surface area contributed by atoms with Gasteiger partial charge >= 0.3 is 0 Å². The molecule has 2 atom stereocenters. The Bertz CT molecular complexity index is 317. The number of aliphatic hydroxyl groups excluding tert-OH is 1. The Morgan fingerprint density at radius 1 is 1.38 bits per heavy atom. The second kappa shape index (κ2) is 8.96. The summed E-state index contributed by atoms with van der Waals surface area (Å²) in [5.74, 6) is 0.0238. The smallest absolute Gasteiger partial charge is 0.224 e. The fraction of sp³-hybridized carbons (Fsp3) is 0.938. The normalized spacial score (nSPS) is 26.0. The number of carbonyl (C=O) groups excluding carboxylic acids is 1. The van der Waals surface area contributed by atoms with E-state index in [0.29, 0.717) is 6.54 Å². The van der Waals surface area contributed by atoms with Gasteiger partial charge in [0.25, 0.3) is 0 Å². The number of rotatable bonds is 7. The number of halogens is 1. The number of hydrogen-bond donors (Lipinski definition) is 3. The van der Waals surface area contributed by atoms with E-state index < -0.39 is 0 Å². The van der Waals surface area contributed by atoms with E-state index in [1.54, 1.807) is 0 Å². The summed E-state index contributed by atoms with van der Waals surface area (Å²) in [5, 5.41) is 12.3. The van der Waals surface area contributed by atoms with E-state index in [2.05, 4.69) is 19.2 Å². The van der Waals surface area contributed by atoms with E-state index in [1.165, 1.54) is 0 Å². The molecular weight excluding hydrogens is 288 g/mol. The van der Waals surface area contributed by atoms with Gasteiger partial charge in [0.15, 0.2) is 0 Å². The highest BCUT2D eigenvalue weighted by molar-refractivity contribution is 5.85. The molecule has 0 aromatic heterocycles. The molecule has 1 rings (SSSR count). The molecule has 1 aliphatic carbocycles. The summed E-state index contributed by atoms with van der Waals surface area (Å²) in [5.41, 5.74) is 5.93. The van der Waals surface area contributed by atoms with E-state index in [0.717, 1.165) is 44.9 Å². The topological polar surface area (TPSA) is 75.3 Å². The molecule has 0 radical (unpaired) electrons. The summed E-state index contributed by atoms with van der Waals surface area (Å²) in [4.78, 5) is 12.4. The van der Waals surface area contributed by atoms with Crippen LogP contribution in [0.5, 0.6) is 0 Å². The first-order chi connectivity index (χ1) is 9.40. The number of hydrogen-bond acceptors (Lipinski definition) is 3. The van der Waals surface area contributed by atoms with Gasteiger partial charge in [0.1, 0.15) is 0 Å². The van der Waals surface area contributed by atoms with Crippen molar-refractivity contribution in [3.63, 3.8) is 0 Å². The average Bonchev–Trinajstić information content (AvgIpc) is 2.43. The van der Waals surface area contributed by atoms with Gasteiger partial charge in [-0.1, -0.05) is 26.7 Å². The lowest BCUT2D eigenvalue weighted by atomic mass is 9.73. The van der Waals surface area contributed by atoms with Crippen LogP contribution in [0.1, 0.15) is 65.7 Å². The zero-order chi connectivity index (χ0) is 15.2. The molecule has 4 N–H and O–H groups in total. The monoisotopic (exact) mass is 320 g/mol. The second-order valence-corrected chi connectivity index (χ2v) is 6.70. The summed E-state index contributed by atoms with van der Waals surface area (Å²) < 4.78 is 0. The fourth-order valence-corrected chi connectivity index (χ4v) is 3.37. The third-order valence-electron chi connectivity index (χ3n) is 5.35. The van der Waals surface area contributed by atoms with Crippen molar-refractivity contribution in [1.29, 1.82) is 0 Å². The van der Waals surface area contributed by atoms with Gasteiger partial charge in [-0.15, -0.1) is 12.4 Å². The molecule has 5 heteroatoms. The van der Waals surface area contributed by atoms with Crippen LogP contribution in [0.15, 0.2) is 0 Å². The molecule has 0 aromatic carbocycles. The van der Waals surface area contributed by atoms with E-state index in [1.807, 2.05) is 6.92 Å². The molecule has 0 bridgehead atoms. The zero-order valence-electron chi connectivity index (χ0n) is 13.8. The number of aliphatic hydroxyl groups is 1. The van der Waals surface area contributed by atoms with Crippen LogP contribution in [-0.2, 0) is 4.79 Å². The Morgan fingerprint density at radius 3 is 2.48 bits per heavy atom. The van der Waals surface area contributed by atoms with Crippen molar-refractivity contribution in [2.75, 3.05) is 13.2 Å². The van der Waals surface area contributed by atoms with Crippen molar-refractivity contribution < 1.29 is 9.90 Å². The van der Waals surface area contributed by atoms with Crippen LogP contribution in [0, 0.1) is 11.3 Å². The molecule has 21 heavy (non-hydrogen) atoms. The Morgan fingerprint density at radius 2 is 2.00 bits per heavy atom. The fourth-order valence-electron chi connectivity index (χ4n) is 3.37. The maximum atomic E-state index is 12.4. The first kappa shape index (κ1) is 20.7. The lowest BCUT2D eigenvalue weighted by Crippen LogP contribution is -2.54. The lowest BCUT2D eigenvalue weighted by Gasteiger charge is -2.38. The van der Waals surface area contributed by atoms with Crippen molar-refractivity contribution in [2.24, 2.45) is 17.1 Å². The number of nitrogens with one attached hydrogen (secondary N) is 1. The van der Waals surface area contributed by atoms with Crippen LogP contribution in [0.4, 0.5) is 0 Å². The quantitative estimate of drug-likeness (QED) is 0.675. The Hall–Kier alpha value is -0.320. The van der Waals surface area contributed by atoms with E-state index >= 15 is 0 Å². The average molecular weight is 321 g/mol. The summed E-state index contributed by atoms with van der Waals surface area (Å²) in [6, 6.07) is 0. The summed E-state index contributed by atoms with van der Waals surface area (Å²) >= 11 is 0. The van der Waals surface area contributed by atoms with Crippen molar-refractivity contribution in [2.45, 2.75) is 71.3 Å². The van der Waals surface area contributed by atoms with Crippen molar-refractivity contribution in [3.8, 4) is 0 Å². The second-order valence-electron chi connectivity index (χ2n) is 6.70. The largest absolute Gasteiger partial charge is 0.396 e. The predicted molar refractivity (Wildman–Crippen MR) is 89.5 cm³/mol. The summed E-state index contributed by atoms with van der Waals surface area (Å²) in [6.07, 6.45) is 6.70. The van der Waals surface area contributed by atoms with Crippen LogP contribution in [0.2, 0.25) is 0 Å². The molecule has 0 heterocycles. The molecule has 1 amide bonds. The van der Waals surface area contributed by atoms with Gasteiger partial charge in [0.2, 0.25) is 5.91 Å². The number of amides is 1. The van der Waals surface area contributed by atoms with Crippen molar-refractivity contribution in [1.82, 2.24) is 5.32 Å². The molecular formula is C16H33ClN2O2. The van der Waals surface area contributed by atoms with E-state index in [9.17, 15) is 9.90 Å². The van der Waals surface area contributed by atoms with Crippen LogP contribution in [0.3, 0.4) is 0 Å². The van der Waals surface area contributed by atoms with Crippen LogP contribution in [0.25, 0.3) is 0 Å². The minimum Gasteiger partial charge on any atom is -0.396 e.